The molecule has 2 heterocycles. The van der Waals surface area contributed by atoms with E-state index < -0.39 is 0 Å². The van der Waals surface area contributed by atoms with Crippen LogP contribution in [0.15, 0.2) is 21.3 Å². The molecule has 1 unspecified atom stereocenters. The smallest absolute Gasteiger partial charge is 0.227 e. The number of hydrogen-bond donors (Lipinski definition) is 0. The van der Waals surface area contributed by atoms with Gasteiger partial charge in [-0.2, -0.15) is 0 Å². The lowest BCUT2D eigenvalue weighted by molar-refractivity contribution is -0.117. The summed E-state index contributed by atoms with van der Waals surface area (Å²) >= 11 is 12.4. The Labute approximate surface area is 115 Å². The second-order valence-corrected chi connectivity index (χ2v) is 5.61. The van der Waals surface area contributed by atoms with Gasteiger partial charge in [-0.1, -0.05) is 0 Å². The van der Waals surface area contributed by atoms with E-state index in [0.29, 0.717) is 18.8 Å². The molecule has 3 nitrogen and oxygen atoms in total. The summed E-state index contributed by atoms with van der Waals surface area (Å²) in [6, 6.07) is 1.88. The second-order valence-electron chi connectivity index (χ2n) is 3.69. The fourth-order valence-corrected chi connectivity index (χ4v) is 2.45. The molecule has 0 saturated carbocycles. The largest absolute Gasteiger partial charge is 0.311 e. The average Bonchev–Trinajstić information content (AvgIpc) is 2.64. The highest BCUT2D eigenvalue weighted by atomic mass is 79.9. The topological polar surface area (TPSA) is 33.2 Å². The van der Waals surface area contributed by atoms with Crippen molar-refractivity contribution in [1.29, 1.82) is 0 Å². The lowest BCUT2D eigenvalue weighted by Crippen LogP contribution is -2.24. The van der Waals surface area contributed by atoms with Crippen LogP contribution in [0.3, 0.4) is 0 Å². The van der Waals surface area contributed by atoms with Gasteiger partial charge in [0.05, 0.1) is 16.4 Å². The van der Waals surface area contributed by atoms with Gasteiger partial charge < -0.3 is 4.90 Å². The number of pyridine rings is 1. The monoisotopic (exact) mass is 366 g/mol. The molecule has 6 heteroatoms. The molecule has 1 atom stereocenters. The molecule has 16 heavy (non-hydrogen) atoms. The van der Waals surface area contributed by atoms with E-state index in [4.69, 9.17) is 11.6 Å². The van der Waals surface area contributed by atoms with Gasteiger partial charge in [-0.15, -0.1) is 11.6 Å². The number of nitrogens with zero attached hydrogens (tertiary/aromatic N) is 2. The Hall–Kier alpha value is -0.130. The Morgan fingerprint density at radius 2 is 2.31 bits per heavy atom. The van der Waals surface area contributed by atoms with Crippen LogP contribution in [0.1, 0.15) is 6.42 Å². The second kappa shape index (κ2) is 5.02. The van der Waals surface area contributed by atoms with Crippen LogP contribution in [0.5, 0.6) is 0 Å². The predicted molar refractivity (Wildman–Crippen MR) is 70.8 cm³/mol. The van der Waals surface area contributed by atoms with Gasteiger partial charge in [0, 0.05) is 18.8 Å². The number of anilines is 1. The first kappa shape index (κ1) is 12.3. The maximum Gasteiger partial charge on any atom is 0.227 e. The quantitative estimate of drug-likeness (QED) is 0.593. The number of amides is 1. The van der Waals surface area contributed by atoms with Crippen molar-refractivity contribution in [2.75, 3.05) is 17.3 Å². The van der Waals surface area contributed by atoms with E-state index in [2.05, 4.69) is 36.8 Å². The average molecular weight is 368 g/mol. The fraction of sp³-hybridized carbons (Fsp3) is 0.400. The molecular formula is C10H9Br2ClN2O. The third kappa shape index (κ3) is 2.41. The number of carbonyl (C=O) groups excluding carboxylic acids is 1. The third-order valence-corrected chi connectivity index (χ3v) is 4.72. The normalized spacial score (nSPS) is 20.6. The van der Waals surface area contributed by atoms with Crippen LogP contribution in [-0.2, 0) is 4.79 Å². The number of alkyl halides is 1. The lowest BCUT2D eigenvalue weighted by Gasteiger charge is -2.16. The zero-order valence-corrected chi connectivity index (χ0v) is 12.2. The minimum absolute atomic E-state index is 0.113. The summed E-state index contributed by atoms with van der Waals surface area (Å²) < 4.78 is 1.57. The predicted octanol–water partition coefficient (Wildman–Crippen LogP) is 3.20. The maximum absolute atomic E-state index is 11.8. The highest BCUT2D eigenvalue weighted by Crippen LogP contribution is 2.29. The van der Waals surface area contributed by atoms with E-state index in [-0.39, 0.29) is 11.8 Å². The molecule has 0 bridgehead atoms. The Kier molecular flexibility index (Phi) is 3.87. The van der Waals surface area contributed by atoms with Crippen molar-refractivity contribution in [3.8, 4) is 0 Å². The number of halogens is 3. The van der Waals surface area contributed by atoms with Crippen LogP contribution >= 0.6 is 43.5 Å². The first-order valence-electron chi connectivity index (χ1n) is 4.79. The summed E-state index contributed by atoms with van der Waals surface area (Å²) in [6.45, 7) is 0.679. The zero-order chi connectivity index (χ0) is 11.7. The Bertz CT molecular complexity index is 427. The summed E-state index contributed by atoms with van der Waals surface area (Å²) in [5.74, 6) is 0.881. The van der Waals surface area contributed by atoms with Crippen molar-refractivity contribution < 1.29 is 4.79 Å². The van der Waals surface area contributed by atoms with Crippen molar-refractivity contribution in [2.45, 2.75) is 6.42 Å². The van der Waals surface area contributed by atoms with E-state index in [1.54, 1.807) is 11.1 Å². The standard InChI is InChI=1S/C10H9Br2ClN2O/c11-8-2-7(4-14-10(8)12)15-5-6(3-13)1-9(15)16/h2,4,6H,1,3,5H2. The summed E-state index contributed by atoms with van der Waals surface area (Å²) in [4.78, 5) is 17.6. The molecule has 0 aliphatic carbocycles. The van der Waals surface area contributed by atoms with E-state index >= 15 is 0 Å². The molecule has 1 saturated heterocycles. The van der Waals surface area contributed by atoms with Gasteiger partial charge >= 0.3 is 0 Å². The summed E-state index contributed by atoms with van der Waals surface area (Å²) in [7, 11) is 0. The molecule has 0 aromatic carbocycles. The summed E-state index contributed by atoms with van der Waals surface area (Å²) in [6.07, 6.45) is 2.21. The number of rotatable bonds is 2. The van der Waals surface area contributed by atoms with Crippen molar-refractivity contribution >= 4 is 55.1 Å². The van der Waals surface area contributed by atoms with E-state index in [1.807, 2.05) is 6.07 Å². The Morgan fingerprint density at radius 1 is 1.56 bits per heavy atom. The van der Waals surface area contributed by atoms with Crippen molar-refractivity contribution in [3.63, 3.8) is 0 Å². The number of carbonyl (C=O) groups is 1. The van der Waals surface area contributed by atoms with Crippen molar-refractivity contribution in [2.24, 2.45) is 5.92 Å². The molecule has 0 spiro atoms. The fourth-order valence-electron chi connectivity index (χ4n) is 1.69. The molecule has 86 valence electrons. The highest BCUT2D eigenvalue weighted by Gasteiger charge is 2.30. The maximum atomic E-state index is 11.8. The Morgan fingerprint density at radius 3 is 2.88 bits per heavy atom. The van der Waals surface area contributed by atoms with Gasteiger partial charge in [0.15, 0.2) is 0 Å². The molecule has 1 aromatic rings. The van der Waals surface area contributed by atoms with E-state index in [0.717, 1.165) is 14.8 Å². The molecule has 0 N–H and O–H groups in total. The van der Waals surface area contributed by atoms with Crippen LogP contribution < -0.4 is 4.90 Å². The van der Waals surface area contributed by atoms with Gasteiger partial charge in [-0.3, -0.25) is 4.79 Å². The van der Waals surface area contributed by atoms with Gasteiger partial charge in [0.2, 0.25) is 5.91 Å². The molecule has 0 radical (unpaired) electrons. The number of hydrogen-bond acceptors (Lipinski definition) is 2. The van der Waals surface area contributed by atoms with Gasteiger partial charge in [-0.05, 0) is 43.8 Å². The first-order valence-corrected chi connectivity index (χ1v) is 6.91. The molecule has 1 aliphatic rings. The highest BCUT2D eigenvalue weighted by molar-refractivity contribution is 9.13. The van der Waals surface area contributed by atoms with Gasteiger partial charge in [0.1, 0.15) is 4.60 Å². The lowest BCUT2D eigenvalue weighted by atomic mass is 10.1. The third-order valence-electron chi connectivity index (χ3n) is 2.52. The van der Waals surface area contributed by atoms with Gasteiger partial charge in [-0.25, -0.2) is 4.98 Å². The summed E-state index contributed by atoms with van der Waals surface area (Å²) in [5, 5.41) is 0. The minimum Gasteiger partial charge on any atom is -0.311 e. The van der Waals surface area contributed by atoms with Crippen LogP contribution in [0.4, 0.5) is 5.69 Å². The van der Waals surface area contributed by atoms with Crippen LogP contribution in [-0.4, -0.2) is 23.3 Å². The minimum atomic E-state index is 0.113. The van der Waals surface area contributed by atoms with Crippen LogP contribution in [0.2, 0.25) is 0 Å². The van der Waals surface area contributed by atoms with E-state index in [9.17, 15) is 4.79 Å². The molecule has 1 amide bonds. The van der Waals surface area contributed by atoms with E-state index in [1.165, 1.54) is 0 Å². The van der Waals surface area contributed by atoms with Crippen LogP contribution in [0.25, 0.3) is 0 Å². The van der Waals surface area contributed by atoms with Crippen molar-refractivity contribution in [3.05, 3.63) is 21.3 Å². The number of aromatic nitrogens is 1. The zero-order valence-electron chi connectivity index (χ0n) is 8.29. The summed E-state index contributed by atoms with van der Waals surface area (Å²) in [5.41, 5.74) is 0.813. The molecule has 1 fully saturated rings. The molecule has 1 aromatic heterocycles. The molecule has 2 rings (SSSR count). The van der Waals surface area contributed by atoms with Crippen molar-refractivity contribution in [1.82, 2.24) is 4.98 Å². The van der Waals surface area contributed by atoms with Gasteiger partial charge in [0.25, 0.3) is 0 Å². The molecular weight excluding hydrogens is 359 g/mol. The first-order chi connectivity index (χ1) is 7.61. The molecule has 1 aliphatic heterocycles. The SMILES string of the molecule is O=C1CC(CCl)CN1c1cnc(Br)c(Br)c1. The Balaban J connectivity index is 2.24. The van der Waals surface area contributed by atoms with Crippen LogP contribution in [0, 0.1) is 5.92 Å².